The molecule has 1 aliphatic rings. The maximum atomic E-state index is 13.1. The number of nitrogens with one attached hydrogen (secondary N) is 1. The van der Waals surface area contributed by atoms with E-state index >= 15 is 0 Å². The summed E-state index contributed by atoms with van der Waals surface area (Å²) in [6.45, 7) is 9.47. The molecule has 8 heteroatoms. The quantitative estimate of drug-likeness (QED) is 0.573. The number of pyridine rings is 1. The van der Waals surface area contributed by atoms with Gasteiger partial charge >= 0.3 is 0 Å². The van der Waals surface area contributed by atoms with Crippen LogP contribution in [0.25, 0.3) is 11.7 Å². The van der Waals surface area contributed by atoms with E-state index in [1.165, 1.54) is 16.2 Å². The SMILES string of the molecule is CC(C)CNc1nc2ccccn2c(=O)c1/C=C1\SC(=S)N(CC(C)C)C1=O. The number of nitrogens with zero attached hydrogens (tertiary/aromatic N) is 3. The number of amides is 1. The summed E-state index contributed by atoms with van der Waals surface area (Å²) in [5.74, 6) is 1.02. The number of fused-ring (bicyclic) bond motifs is 1. The van der Waals surface area contributed by atoms with Gasteiger partial charge in [-0.3, -0.25) is 18.9 Å². The molecule has 1 saturated heterocycles. The molecule has 0 unspecified atom stereocenters. The van der Waals surface area contributed by atoms with E-state index in [4.69, 9.17) is 12.2 Å². The molecule has 1 amide bonds. The first kappa shape index (κ1) is 20.5. The topological polar surface area (TPSA) is 66.7 Å². The Bertz CT molecular complexity index is 1010. The van der Waals surface area contributed by atoms with Gasteiger partial charge in [0.05, 0.1) is 10.5 Å². The summed E-state index contributed by atoms with van der Waals surface area (Å²) in [5, 5.41) is 3.25. The number of anilines is 1. The van der Waals surface area contributed by atoms with E-state index in [0.717, 1.165) is 0 Å². The molecule has 0 spiro atoms. The van der Waals surface area contributed by atoms with Crippen LogP contribution >= 0.6 is 24.0 Å². The van der Waals surface area contributed by atoms with E-state index in [0.29, 0.717) is 51.2 Å². The zero-order valence-corrected chi connectivity index (χ0v) is 18.1. The first-order valence-electron chi connectivity index (χ1n) is 9.28. The predicted octanol–water partition coefficient (Wildman–Crippen LogP) is 3.62. The van der Waals surface area contributed by atoms with E-state index in [9.17, 15) is 9.59 Å². The molecule has 0 saturated carbocycles. The highest BCUT2D eigenvalue weighted by molar-refractivity contribution is 8.26. The summed E-state index contributed by atoms with van der Waals surface area (Å²) < 4.78 is 2.01. The van der Waals surface area contributed by atoms with Crippen LogP contribution in [0, 0.1) is 11.8 Å². The van der Waals surface area contributed by atoms with Crippen molar-refractivity contribution in [3.8, 4) is 0 Å². The third-order valence-electron chi connectivity index (χ3n) is 4.14. The number of rotatable bonds is 6. The Balaban J connectivity index is 2.08. The molecule has 2 aromatic heterocycles. The number of thiocarbonyl (C=S) groups is 1. The Morgan fingerprint density at radius 2 is 1.96 bits per heavy atom. The number of thioether (sulfide) groups is 1. The highest BCUT2D eigenvalue weighted by Gasteiger charge is 2.32. The second-order valence-corrected chi connectivity index (χ2v) is 9.24. The lowest BCUT2D eigenvalue weighted by molar-refractivity contribution is -0.122. The van der Waals surface area contributed by atoms with Crippen LogP contribution in [-0.2, 0) is 4.79 Å². The zero-order valence-electron chi connectivity index (χ0n) is 16.4. The average molecular weight is 417 g/mol. The normalized spacial score (nSPS) is 16.2. The largest absolute Gasteiger partial charge is 0.369 e. The van der Waals surface area contributed by atoms with Crippen molar-refractivity contribution >= 4 is 51.7 Å². The summed E-state index contributed by atoms with van der Waals surface area (Å²) in [6, 6.07) is 5.40. The van der Waals surface area contributed by atoms with Gasteiger partial charge in [-0.25, -0.2) is 4.98 Å². The summed E-state index contributed by atoms with van der Waals surface area (Å²) in [5.41, 5.74) is 0.712. The third kappa shape index (κ3) is 4.28. The summed E-state index contributed by atoms with van der Waals surface area (Å²) in [4.78, 5) is 32.6. The fourth-order valence-corrected chi connectivity index (χ4v) is 4.08. The van der Waals surface area contributed by atoms with Crippen LogP contribution in [-0.4, -0.2) is 37.6 Å². The van der Waals surface area contributed by atoms with Crippen LogP contribution in [0.3, 0.4) is 0 Å². The Kier molecular flexibility index (Phi) is 6.20. The minimum Gasteiger partial charge on any atom is -0.369 e. The van der Waals surface area contributed by atoms with E-state index in [1.54, 1.807) is 29.3 Å². The summed E-state index contributed by atoms with van der Waals surface area (Å²) in [7, 11) is 0. The van der Waals surface area contributed by atoms with E-state index in [-0.39, 0.29) is 11.5 Å². The standard InChI is InChI=1S/C20H24N4O2S2/c1-12(2)10-21-17-14(18(25)23-8-6-5-7-16(23)22-17)9-15-19(26)24(11-13(3)4)20(27)28-15/h5-9,12-13,21H,10-11H2,1-4H3/b15-9-. The molecule has 3 heterocycles. The summed E-state index contributed by atoms with van der Waals surface area (Å²) >= 11 is 6.60. The maximum absolute atomic E-state index is 13.1. The lowest BCUT2D eigenvalue weighted by Crippen LogP contribution is -2.31. The highest BCUT2D eigenvalue weighted by Crippen LogP contribution is 2.33. The van der Waals surface area contributed by atoms with Gasteiger partial charge in [0.2, 0.25) is 0 Å². The monoisotopic (exact) mass is 416 g/mol. The molecule has 2 aromatic rings. The predicted molar refractivity (Wildman–Crippen MR) is 120 cm³/mol. The van der Waals surface area contributed by atoms with Crippen molar-refractivity contribution in [2.75, 3.05) is 18.4 Å². The van der Waals surface area contributed by atoms with E-state index < -0.39 is 0 Å². The average Bonchev–Trinajstić information content (AvgIpc) is 2.89. The van der Waals surface area contributed by atoms with E-state index in [2.05, 4.69) is 24.1 Å². The molecular weight excluding hydrogens is 392 g/mol. The van der Waals surface area contributed by atoms with Crippen LogP contribution in [0.5, 0.6) is 0 Å². The molecular formula is C20H24N4O2S2. The third-order valence-corrected chi connectivity index (χ3v) is 5.52. The van der Waals surface area contributed by atoms with Crippen LogP contribution < -0.4 is 10.9 Å². The second-order valence-electron chi connectivity index (χ2n) is 7.57. The Morgan fingerprint density at radius 1 is 1.21 bits per heavy atom. The molecule has 0 aromatic carbocycles. The first-order valence-corrected chi connectivity index (χ1v) is 10.5. The van der Waals surface area contributed by atoms with Gasteiger partial charge in [-0.15, -0.1) is 0 Å². The lowest BCUT2D eigenvalue weighted by atomic mass is 10.2. The number of hydrogen-bond donors (Lipinski definition) is 1. The van der Waals surface area contributed by atoms with Crippen molar-refractivity contribution in [3.63, 3.8) is 0 Å². The van der Waals surface area contributed by atoms with Gasteiger partial charge in [0.15, 0.2) is 0 Å². The maximum Gasteiger partial charge on any atom is 0.267 e. The molecule has 1 aliphatic heterocycles. The number of carbonyl (C=O) groups is 1. The molecule has 3 rings (SSSR count). The smallest absolute Gasteiger partial charge is 0.267 e. The van der Waals surface area contributed by atoms with Gasteiger partial charge in [0.25, 0.3) is 11.5 Å². The highest BCUT2D eigenvalue weighted by atomic mass is 32.2. The molecule has 6 nitrogen and oxygen atoms in total. The summed E-state index contributed by atoms with van der Waals surface area (Å²) in [6.07, 6.45) is 3.30. The van der Waals surface area contributed by atoms with Gasteiger partial charge in [0, 0.05) is 19.3 Å². The number of hydrogen-bond acceptors (Lipinski definition) is 6. The zero-order chi connectivity index (χ0) is 20.4. The second kappa shape index (κ2) is 8.45. The molecule has 0 bridgehead atoms. The van der Waals surface area contributed by atoms with Crippen molar-refractivity contribution in [1.29, 1.82) is 0 Å². The molecule has 1 fully saturated rings. The van der Waals surface area contributed by atoms with Crippen molar-refractivity contribution < 1.29 is 4.79 Å². The molecule has 28 heavy (non-hydrogen) atoms. The van der Waals surface area contributed by atoms with Crippen molar-refractivity contribution in [3.05, 3.63) is 45.2 Å². The Morgan fingerprint density at radius 3 is 2.64 bits per heavy atom. The molecule has 0 aliphatic carbocycles. The van der Waals surface area contributed by atoms with Gasteiger partial charge in [-0.1, -0.05) is 57.7 Å². The fourth-order valence-electron chi connectivity index (χ4n) is 2.82. The number of carbonyl (C=O) groups excluding carboxylic acids is 1. The van der Waals surface area contributed by atoms with Gasteiger partial charge in [-0.2, -0.15) is 0 Å². The number of aromatic nitrogens is 2. The molecule has 0 atom stereocenters. The van der Waals surface area contributed by atoms with Crippen molar-refractivity contribution in [2.45, 2.75) is 27.7 Å². The minimum absolute atomic E-state index is 0.156. The minimum atomic E-state index is -0.217. The molecule has 148 valence electrons. The van der Waals surface area contributed by atoms with Crippen LogP contribution in [0.2, 0.25) is 0 Å². The first-order chi connectivity index (χ1) is 13.3. The van der Waals surface area contributed by atoms with Gasteiger partial charge in [-0.05, 0) is 30.0 Å². The van der Waals surface area contributed by atoms with Gasteiger partial charge < -0.3 is 5.32 Å². The lowest BCUT2D eigenvalue weighted by Gasteiger charge is -2.16. The van der Waals surface area contributed by atoms with Crippen LogP contribution in [0.4, 0.5) is 5.82 Å². The molecule has 0 radical (unpaired) electrons. The Hall–Kier alpha value is -2.19. The van der Waals surface area contributed by atoms with Crippen LogP contribution in [0.15, 0.2) is 34.1 Å². The fraction of sp³-hybridized carbons (Fsp3) is 0.400. The Labute approximate surface area is 174 Å². The van der Waals surface area contributed by atoms with Crippen molar-refractivity contribution in [2.24, 2.45) is 11.8 Å². The van der Waals surface area contributed by atoms with Crippen molar-refractivity contribution in [1.82, 2.24) is 14.3 Å². The molecule has 1 N–H and O–H groups in total. The van der Waals surface area contributed by atoms with Crippen LogP contribution in [0.1, 0.15) is 33.3 Å². The van der Waals surface area contributed by atoms with E-state index in [1.807, 2.05) is 19.9 Å². The van der Waals surface area contributed by atoms with Gasteiger partial charge in [0.1, 0.15) is 15.8 Å².